The number of nitrogens with zero attached hydrogens (tertiary/aromatic N) is 2. The second-order valence-corrected chi connectivity index (χ2v) is 6.83. The second kappa shape index (κ2) is 6.22. The molecule has 10 nitrogen and oxygen atoms in total. The molecule has 1 aromatic heterocycles. The predicted molar refractivity (Wildman–Crippen MR) is 88.1 cm³/mol. The van der Waals surface area contributed by atoms with E-state index in [0.717, 1.165) is 6.92 Å². The van der Waals surface area contributed by atoms with E-state index in [1.54, 1.807) is 6.08 Å². The van der Waals surface area contributed by atoms with E-state index in [1.165, 1.54) is 42.8 Å². The van der Waals surface area contributed by atoms with Gasteiger partial charge in [-0.15, -0.1) is 0 Å². The fourth-order valence-corrected chi connectivity index (χ4v) is 3.40. The summed E-state index contributed by atoms with van der Waals surface area (Å²) in [6.07, 6.45) is 4.75. The first kappa shape index (κ1) is 18.6. The zero-order valence-corrected chi connectivity index (χ0v) is 14.9. The smallest absolute Gasteiger partial charge is 0.366 e. The van der Waals surface area contributed by atoms with Crippen LogP contribution in [0.25, 0.3) is 0 Å². The van der Waals surface area contributed by atoms with Crippen LogP contribution in [0.2, 0.25) is 0 Å². The van der Waals surface area contributed by atoms with Gasteiger partial charge in [0.25, 0.3) is 5.79 Å². The van der Waals surface area contributed by atoms with Crippen LogP contribution in [0.15, 0.2) is 30.5 Å². The molecule has 0 bridgehead atoms. The molecule has 3 rings (SSSR count). The summed E-state index contributed by atoms with van der Waals surface area (Å²) in [5, 5.41) is 11.1. The van der Waals surface area contributed by atoms with Gasteiger partial charge in [-0.05, 0) is 17.1 Å². The van der Waals surface area contributed by atoms with E-state index in [9.17, 15) is 24.5 Å². The van der Waals surface area contributed by atoms with Gasteiger partial charge in [-0.3, -0.25) is 4.79 Å². The molecule has 2 aliphatic rings. The minimum atomic E-state index is -2.28. The fraction of sp³-hybridized carbons (Fsp3) is 0.471. The maximum absolute atomic E-state index is 12.7. The standard InChI is InChI=1S/C17H18N2O8/c1-10(20)25-17(14(21)26-16(2,3)27-15(17)22)11-6-7-12(9-11)18-8-4-5-13(18)19(23)24/h4-8,11-12H,9H2,1-3H3/t11-,12+/m1/s1. The Balaban J connectivity index is 1.94. The maximum atomic E-state index is 12.7. The van der Waals surface area contributed by atoms with Crippen LogP contribution >= 0.6 is 0 Å². The summed E-state index contributed by atoms with van der Waals surface area (Å²) in [6, 6.07) is 2.36. The van der Waals surface area contributed by atoms with Gasteiger partial charge in [-0.25, -0.2) is 14.2 Å². The van der Waals surface area contributed by atoms with Crippen molar-refractivity contribution in [3.63, 3.8) is 0 Å². The molecule has 0 aromatic carbocycles. The third-order valence-corrected chi connectivity index (χ3v) is 4.47. The SMILES string of the molecule is CC(=O)OC1([C@@H]2C=C[C@H](n3cccc3[N+](=O)[O-])C2)C(=O)OC(C)(C)OC1=O. The molecule has 1 fully saturated rings. The number of aromatic nitrogens is 1. The lowest BCUT2D eigenvalue weighted by Gasteiger charge is -2.41. The van der Waals surface area contributed by atoms with Crippen LogP contribution in [-0.4, -0.2) is 38.8 Å². The number of esters is 3. The highest BCUT2D eigenvalue weighted by Crippen LogP contribution is 2.43. The van der Waals surface area contributed by atoms with Gasteiger partial charge in [0, 0.05) is 39.2 Å². The molecule has 0 N–H and O–H groups in total. The van der Waals surface area contributed by atoms with E-state index in [4.69, 9.17) is 14.2 Å². The Kier molecular flexibility index (Phi) is 4.29. The highest BCUT2D eigenvalue weighted by molar-refractivity contribution is 6.07. The summed E-state index contributed by atoms with van der Waals surface area (Å²) in [4.78, 5) is 47.6. The van der Waals surface area contributed by atoms with Gasteiger partial charge in [-0.1, -0.05) is 6.08 Å². The van der Waals surface area contributed by atoms with Gasteiger partial charge in [0.2, 0.25) is 0 Å². The van der Waals surface area contributed by atoms with Crippen molar-refractivity contribution >= 4 is 23.7 Å². The van der Waals surface area contributed by atoms with Gasteiger partial charge in [0.05, 0.1) is 6.20 Å². The molecule has 0 radical (unpaired) electrons. The summed E-state index contributed by atoms with van der Waals surface area (Å²) in [5.41, 5.74) is -2.28. The first-order valence-electron chi connectivity index (χ1n) is 8.23. The average Bonchev–Trinajstić information content (AvgIpc) is 3.18. The largest absolute Gasteiger partial charge is 0.434 e. The molecule has 0 spiro atoms. The Morgan fingerprint density at radius 2 is 1.93 bits per heavy atom. The molecule has 1 aliphatic carbocycles. The zero-order chi connectivity index (χ0) is 20.0. The van der Waals surface area contributed by atoms with Crippen LogP contribution in [0, 0.1) is 16.0 Å². The fourth-order valence-electron chi connectivity index (χ4n) is 3.40. The molecule has 2 heterocycles. The van der Waals surface area contributed by atoms with Crippen LogP contribution in [-0.2, 0) is 28.6 Å². The number of carbonyl (C=O) groups is 3. The van der Waals surface area contributed by atoms with Crippen LogP contribution in [0.3, 0.4) is 0 Å². The van der Waals surface area contributed by atoms with Crippen molar-refractivity contribution in [1.29, 1.82) is 0 Å². The van der Waals surface area contributed by atoms with Crippen LogP contribution < -0.4 is 0 Å². The molecule has 1 aliphatic heterocycles. The second-order valence-electron chi connectivity index (χ2n) is 6.83. The number of ether oxygens (including phenoxy) is 3. The van der Waals surface area contributed by atoms with Crippen molar-refractivity contribution in [2.45, 2.75) is 44.6 Å². The number of allylic oxidation sites excluding steroid dienone is 1. The third kappa shape index (κ3) is 3.07. The molecule has 0 unspecified atom stereocenters. The number of rotatable bonds is 4. The molecular weight excluding hydrogens is 360 g/mol. The Bertz CT molecular complexity index is 833. The molecule has 27 heavy (non-hydrogen) atoms. The van der Waals surface area contributed by atoms with Gasteiger partial charge in [-0.2, -0.15) is 0 Å². The topological polar surface area (TPSA) is 127 Å². The normalized spacial score (nSPS) is 25.6. The minimum Gasteiger partial charge on any atom is -0.434 e. The lowest BCUT2D eigenvalue weighted by molar-refractivity contribution is -0.392. The number of hydrogen-bond donors (Lipinski definition) is 0. The van der Waals surface area contributed by atoms with Gasteiger partial charge in [0.15, 0.2) is 0 Å². The molecule has 2 atom stereocenters. The summed E-state index contributed by atoms with van der Waals surface area (Å²) in [7, 11) is 0. The maximum Gasteiger partial charge on any atom is 0.366 e. The molecule has 1 saturated heterocycles. The lowest BCUT2D eigenvalue weighted by atomic mass is 9.85. The van der Waals surface area contributed by atoms with Crippen LogP contribution in [0.1, 0.15) is 33.2 Å². The molecule has 144 valence electrons. The molecule has 0 saturated carbocycles. The van der Waals surface area contributed by atoms with E-state index in [-0.39, 0.29) is 12.2 Å². The number of nitro groups is 1. The Morgan fingerprint density at radius 1 is 1.30 bits per heavy atom. The summed E-state index contributed by atoms with van der Waals surface area (Å²) in [6.45, 7) is 3.84. The third-order valence-electron chi connectivity index (χ3n) is 4.47. The predicted octanol–water partition coefficient (Wildman–Crippen LogP) is 1.65. The van der Waals surface area contributed by atoms with Crippen molar-refractivity contribution in [2.75, 3.05) is 0 Å². The molecule has 1 aromatic rings. The Hall–Kier alpha value is -3.17. The number of carbonyl (C=O) groups excluding carboxylic acids is 3. The minimum absolute atomic E-state index is 0.105. The highest BCUT2D eigenvalue weighted by atomic mass is 16.8. The van der Waals surface area contributed by atoms with Crippen molar-refractivity contribution in [2.24, 2.45) is 5.92 Å². The van der Waals surface area contributed by atoms with Gasteiger partial charge in [0.1, 0.15) is 6.04 Å². The molecule has 0 amide bonds. The average molecular weight is 378 g/mol. The Morgan fingerprint density at radius 3 is 2.48 bits per heavy atom. The van der Waals surface area contributed by atoms with E-state index in [1.807, 2.05) is 0 Å². The van der Waals surface area contributed by atoms with Crippen molar-refractivity contribution in [1.82, 2.24) is 4.57 Å². The summed E-state index contributed by atoms with van der Waals surface area (Å²) in [5.74, 6) is -5.44. The van der Waals surface area contributed by atoms with Crippen molar-refractivity contribution in [3.8, 4) is 0 Å². The summed E-state index contributed by atoms with van der Waals surface area (Å²) >= 11 is 0. The first-order valence-corrected chi connectivity index (χ1v) is 8.23. The van der Waals surface area contributed by atoms with Gasteiger partial charge >= 0.3 is 29.3 Å². The summed E-state index contributed by atoms with van der Waals surface area (Å²) < 4.78 is 16.9. The highest BCUT2D eigenvalue weighted by Gasteiger charge is 2.64. The van der Waals surface area contributed by atoms with E-state index < -0.39 is 46.2 Å². The molecular formula is C17H18N2O8. The first-order chi connectivity index (χ1) is 12.6. The van der Waals surface area contributed by atoms with Crippen molar-refractivity contribution < 1.29 is 33.5 Å². The number of cyclic esters (lactones) is 2. The van der Waals surface area contributed by atoms with Gasteiger partial charge < -0.3 is 24.3 Å². The van der Waals surface area contributed by atoms with E-state index in [0.29, 0.717) is 0 Å². The lowest BCUT2D eigenvalue weighted by Crippen LogP contribution is -2.63. The van der Waals surface area contributed by atoms with E-state index in [2.05, 4.69) is 0 Å². The zero-order valence-electron chi connectivity index (χ0n) is 14.9. The van der Waals surface area contributed by atoms with Crippen LogP contribution in [0.4, 0.5) is 5.82 Å². The van der Waals surface area contributed by atoms with Crippen LogP contribution in [0.5, 0.6) is 0 Å². The Labute approximate surface area is 153 Å². The quantitative estimate of drug-likeness (QED) is 0.254. The van der Waals surface area contributed by atoms with E-state index >= 15 is 0 Å². The number of hydrogen-bond acceptors (Lipinski definition) is 8. The molecule has 10 heteroatoms. The van der Waals surface area contributed by atoms with Crippen molar-refractivity contribution in [3.05, 3.63) is 40.6 Å². The monoisotopic (exact) mass is 378 g/mol.